The second-order valence-corrected chi connectivity index (χ2v) is 19.9. The standard InChI is InChI=1S/C52H96NO9P/c1-6-7-8-9-10-11-12-13-14-15-16-17-18-19-22-25-28-31-34-37-40-43-51(55)59-47-50(48-61-63(57,58)60-46-45-53(3,4)5)62-52(56)44-41-38-35-32-29-26-23-20-21-24-27-30-33-36-39-42-49(2)54/h21,23-24,26,30,32-33,35,49-50,54H,6-20,22,25,27-29,31,34,36-48H2,1-5H3/p+1/b24-21-,26-23-,33-30-,35-32-/t49-,50+/m0/s1. The summed E-state index contributed by atoms with van der Waals surface area (Å²) in [5.74, 6) is -0.874. The number of hydrogen-bond donors (Lipinski definition) is 2. The lowest BCUT2D eigenvalue weighted by atomic mass is 10.0. The van der Waals surface area contributed by atoms with Gasteiger partial charge in [0.05, 0.1) is 33.9 Å². The zero-order valence-electron chi connectivity index (χ0n) is 41.2. The fourth-order valence-corrected chi connectivity index (χ4v) is 7.65. The molecule has 0 heterocycles. The molecule has 0 aliphatic carbocycles. The van der Waals surface area contributed by atoms with Gasteiger partial charge in [0.15, 0.2) is 6.10 Å². The van der Waals surface area contributed by atoms with Gasteiger partial charge in [-0.05, 0) is 64.7 Å². The molecule has 0 rings (SSSR count). The first-order chi connectivity index (χ1) is 30.3. The lowest BCUT2D eigenvalue weighted by Gasteiger charge is -2.24. The van der Waals surface area contributed by atoms with Crippen LogP contribution in [0.5, 0.6) is 0 Å². The van der Waals surface area contributed by atoms with E-state index in [0.29, 0.717) is 23.9 Å². The van der Waals surface area contributed by atoms with Crippen molar-refractivity contribution < 1.29 is 47.2 Å². The maximum atomic E-state index is 12.7. The van der Waals surface area contributed by atoms with Gasteiger partial charge in [-0.15, -0.1) is 0 Å². The van der Waals surface area contributed by atoms with Crippen molar-refractivity contribution in [3.8, 4) is 0 Å². The minimum Gasteiger partial charge on any atom is -0.462 e. The molecular weight excluding hydrogens is 814 g/mol. The number of ether oxygens (including phenoxy) is 2. The Morgan fingerprint density at radius 1 is 0.556 bits per heavy atom. The zero-order valence-corrected chi connectivity index (χ0v) is 42.1. The van der Waals surface area contributed by atoms with Crippen LogP contribution < -0.4 is 0 Å². The molecule has 0 aliphatic heterocycles. The lowest BCUT2D eigenvalue weighted by molar-refractivity contribution is -0.870. The molecule has 0 fully saturated rings. The van der Waals surface area contributed by atoms with Crippen molar-refractivity contribution in [1.82, 2.24) is 0 Å². The summed E-state index contributed by atoms with van der Waals surface area (Å²) in [6.45, 7) is 3.92. The molecule has 0 aromatic rings. The number of likely N-dealkylation sites (N-methyl/N-ethyl adjacent to an activating group) is 1. The van der Waals surface area contributed by atoms with E-state index >= 15 is 0 Å². The lowest BCUT2D eigenvalue weighted by Crippen LogP contribution is -2.37. The van der Waals surface area contributed by atoms with Crippen LogP contribution in [-0.4, -0.2) is 86.1 Å². The van der Waals surface area contributed by atoms with E-state index in [2.05, 4.69) is 49.5 Å². The fourth-order valence-electron chi connectivity index (χ4n) is 6.91. The number of rotatable bonds is 46. The Labute approximate surface area is 386 Å². The predicted molar refractivity (Wildman–Crippen MR) is 263 cm³/mol. The minimum atomic E-state index is -4.40. The van der Waals surface area contributed by atoms with Gasteiger partial charge >= 0.3 is 19.8 Å². The van der Waals surface area contributed by atoms with E-state index in [1.54, 1.807) is 0 Å². The van der Waals surface area contributed by atoms with Crippen LogP contribution >= 0.6 is 7.82 Å². The molecule has 0 bridgehead atoms. The summed E-state index contributed by atoms with van der Waals surface area (Å²) in [6, 6.07) is 0. The van der Waals surface area contributed by atoms with Gasteiger partial charge in [-0.3, -0.25) is 18.6 Å². The van der Waals surface area contributed by atoms with E-state index in [0.717, 1.165) is 57.8 Å². The predicted octanol–water partition coefficient (Wildman–Crippen LogP) is 14.0. The first kappa shape index (κ1) is 60.9. The van der Waals surface area contributed by atoms with Crippen molar-refractivity contribution in [3.63, 3.8) is 0 Å². The van der Waals surface area contributed by atoms with Crippen LogP contribution in [0, 0.1) is 0 Å². The largest absolute Gasteiger partial charge is 0.472 e. The van der Waals surface area contributed by atoms with Crippen molar-refractivity contribution in [2.45, 2.75) is 225 Å². The van der Waals surface area contributed by atoms with Gasteiger partial charge < -0.3 is 24.0 Å². The van der Waals surface area contributed by atoms with Gasteiger partial charge in [0.25, 0.3) is 0 Å². The summed E-state index contributed by atoms with van der Waals surface area (Å²) in [6.07, 6.45) is 50.2. The monoisotopic (exact) mass is 911 g/mol. The molecule has 0 spiro atoms. The Morgan fingerprint density at radius 2 is 0.968 bits per heavy atom. The van der Waals surface area contributed by atoms with E-state index in [1.165, 1.54) is 116 Å². The van der Waals surface area contributed by atoms with Crippen LogP contribution in [0.25, 0.3) is 0 Å². The number of allylic oxidation sites excluding steroid dienone is 8. The number of quaternary nitrogens is 1. The van der Waals surface area contributed by atoms with Gasteiger partial charge in [-0.25, -0.2) is 4.57 Å². The summed E-state index contributed by atoms with van der Waals surface area (Å²) in [7, 11) is 1.42. The number of aliphatic hydroxyl groups excluding tert-OH is 1. The van der Waals surface area contributed by atoms with Gasteiger partial charge in [0, 0.05) is 12.8 Å². The molecule has 1 unspecified atom stereocenters. The van der Waals surface area contributed by atoms with Crippen LogP contribution in [0.1, 0.15) is 213 Å². The molecule has 0 amide bonds. The normalized spacial score (nSPS) is 14.3. The highest BCUT2D eigenvalue weighted by molar-refractivity contribution is 7.47. The van der Waals surface area contributed by atoms with Gasteiger partial charge in [0.2, 0.25) is 0 Å². The topological polar surface area (TPSA) is 129 Å². The molecule has 0 saturated heterocycles. The van der Waals surface area contributed by atoms with Crippen molar-refractivity contribution in [1.29, 1.82) is 0 Å². The summed E-state index contributed by atoms with van der Waals surface area (Å²) in [5, 5.41) is 9.29. The van der Waals surface area contributed by atoms with Gasteiger partial charge in [-0.2, -0.15) is 0 Å². The third kappa shape index (κ3) is 49.2. The molecule has 11 heteroatoms. The summed E-state index contributed by atoms with van der Waals surface area (Å²) >= 11 is 0. The summed E-state index contributed by atoms with van der Waals surface area (Å²) in [4.78, 5) is 35.5. The summed E-state index contributed by atoms with van der Waals surface area (Å²) in [5.41, 5.74) is 0. The Morgan fingerprint density at radius 3 is 1.41 bits per heavy atom. The van der Waals surface area contributed by atoms with Crippen LogP contribution in [0.4, 0.5) is 0 Å². The van der Waals surface area contributed by atoms with Crippen LogP contribution in [0.3, 0.4) is 0 Å². The second-order valence-electron chi connectivity index (χ2n) is 18.5. The average molecular weight is 911 g/mol. The first-order valence-electron chi connectivity index (χ1n) is 25.4. The molecule has 10 nitrogen and oxygen atoms in total. The Hall–Kier alpha value is -2.07. The highest BCUT2D eigenvalue weighted by atomic mass is 31.2. The molecular formula is C52H97NO9P+. The highest BCUT2D eigenvalue weighted by Gasteiger charge is 2.27. The quantitative estimate of drug-likeness (QED) is 0.0202. The smallest absolute Gasteiger partial charge is 0.462 e. The van der Waals surface area contributed by atoms with Crippen LogP contribution in [0.15, 0.2) is 48.6 Å². The zero-order chi connectivity index (χ0) is 46.5. The number of hydrogen-bond acceptors (Lipinski definition) is 8. The maximum Gasteiger partial charge on any atom is 0.472 e. The molecule has 2 N–H and O–H groups in total. The minimum absolute atomic E-state index is 0.0156. The molecule has 3 atom stereocenters. The van der Waals surface area contributed by atoms with E-state index in [4.69, 9.17) is 18.5 Å². The highest BCUT2D eigenvalue weighted by Crippen LogP contribution is 2.43. The number of nitrogens with zero attached hydrogens (tertiary/aromatic N) is 1. The fraction of sp³-hybridized carbons (Fsp3) is 0.808. The van der Waals surface area contributed by atoms with E-state index in [-0.39, 0.29) is 38.1 Å². The average Bonchev–Trinajstić information content (AvgIpc) is 3.22. The Balaban J connectivity index is 4.31. The first-order valence-corrected chi connectivity index (χ1v) is 26.9. The summed E-state index contributed by atoms with van der Waals surface area (Å²) < 4.78 is 34.3. The van der Waals surface area contributed by atoms with Gasteiger partial charge in [0.1, 0.15) is 19.8 Å². The molecule has 63 heavy (non-hydrogen) atoms. The van der Waals surface area contributed by atoms with E-state index in [9.17, 15) is 24.2 Å². The van der Waals surface area contributed by atoms with Crippen molar-refractivity contribution in [2.24, 2.45) is 0 Å². The number of carbonyl (C=O) groups is 2. The van der Waals surface area contributed by atoms with E-state index < -0.39 is 26.5 Å². The number of unbranched alkanes of at least 4 members (excludes halogenated alkanes) is 22. The maximum absolute atomic E-state index is 12.7. The Bertz CT molecular complexity index is 1230. The SMILES string of the molecule is CCCCCCCCCCCCCCCCCCCCCCCC(=O)OC[C@H](COP(=O)(O)OCC[N+](C)(C)C)OC(=O)CCC/C=C\C/C=C\C/C=C\C/C=C\CCC[C@H](C)O. The number of aliphatic hydroxyl groups is 1. The molecule has 0 aromatic carbocycles. The van der Waals surface area contributed by atoms with Crippen molar-refractivity contribution in [2.75, 3.05) is 47.5 Å². The van der Waals surface area contributed by atoms with E-state index in [1.807, 2.05) is 34.1 Å². The molecule has 0 radical (unpaired) electrons. The number of carbonyl (C=O) groups excluding carboxylic acids is 2. The second kappa shape index (κ2) is 43.8. The number of phosphoric ester groups is 1. The third-order valence-electron chi connectivity index (χ3n) is 10.9. The molecule has 0 saturated carbocycles. The molecule has 0 aliphatic rings. The number of esters is 2. The molecule has 368 valence electrons. The Kier molecular flexibility index (Phi) is 42.4. The third-order valence-corrected chi connectivity index (χ3v) is 11.9. The van der Waals surface area contributed by atoms with Gasteiger partial charge in [-0.1, -0.05) is 184 Å². The number of phosphoric acid groups is 1. The van der Waals surface area contributed by atoms with Crippen molar-refractivity contribution >= 4 is 19.8 Å². The van der Waals surface area contributed by atoms with Crippen LogP contribution in [0.2, 0.25) is 0 Å². The van der Waals surface area contributed by atoms with Crippen LogP contribution in [-0.2, 0) is 32.7 Å². The molecule has 0 aromatic heterocycles. The van der Waals surface area contributed by atoms with Crippen molar-refractivity contribution in [3.05, 3.63) is 48.6 Å².